The highest BCUT2D eigenvalue weighted by molar-refractivity contribution is 6.31. The summed E-state index contributed by atoms with van der Waals surface area (Å²) in [4.78, 5) is 25.6. The number of nitrogens with zero attached hydrogens (tertiary/aromatic N) is 2. The first-order valence-corrected chi connectivity index (χ1v) is 10.3. The first-order chi connectivity index (χ1) is 14.1. The molecule has 0 aliphatic heterocycles. The van der Waals surface area contributed by atoms with E-state index in [9.17, 15) is 4.79 Å². The highest BCUT2D eigenvalue weighted by atomic mass is 35.5. The normalized spacial score (nSPS) is 11.8. The Labute approximate surface area is 181 Å². The summed E-state index contributed by atoms with van der Waals surface area (Å²) in [6.45, 7) is 10.4. The molecule has 0 fully saturated rings. The van der Waals surface area contributed by atoms with Crippen molar-refractivity contribution >= 4 is 22.5 Å². The van der Waals surface area contributed by atoms with Gasteiger partial charge in [0.15, 0.2) is 5.43 Å². The fourth-order valence-corrected chi connectivity index (χ4v) is 4.21. The third-order valence-corrected chi connectivity index (χ3v) is 5.60. The molecule has 0 saturated carbocycles. The fraction of sp³-hybridized carbons (Fsp3) is 0.240. The van der Waals surface area contributed by atoms with Gasteiger partial charge in [-0.1, -0.05) is 44.5 Å². The molecule has 0 atom stereocenters. The van der Waals surface area contributed by atoms with E-state index < -0.39 is 0 Å². The summed E-state index contributed by atoms with van der Waals surface area (Å²) in [5.74, 6) is 0. The van der Waals surface area contributed by atoms with Crippen LogP contribution in [0.4, 0.5) is 0 Å². The Balaban J connectivity index is 1.92. The van der Waals surface area contributed by atoms with E-state index in [1.54, 1.807) is 12.3 Å². The zero-order valence-corrected chi connectivity index (χ0v) is 18.6. The van der Waals surface area contributed by atoms with Crippen LogP contribution in [0.5, 0.6) is 0 Å². The lowest BCUT2D eigenvalue weighted by atomic mass is 9.85. The number of hydrogen-bond acceptors (Lipinski definition) is 3. The number of rotatable bonds is 2. The van der Waals surface area contributed by atoms with Crippen molar-refractivity contribution in [2.45, 2.75) is 40.0 Å². The van der Waals surface area contributed by atoms with Crippen molar-refractivity contribution in [1.82, 2.24) is 15.0 Å². The van der Waals surface area contributed by atoms with Gasteiger partial charge in [0.2, 0.25) is 0 Å². The highest BCUT2D eigenvalue weighted by Crippen LogP contribution is 2.35. The Kier molecular flexibility index (Phi) is 4.99. The molecule has 0 radical (unpaired) electrons. The fourth-order valence-electron chi connectivity index (χ4n) is 3.76. The molecule has 1 aromatic carbocycles. The van der Waals surface area contributed by atoms with Crippen molar-refractivity contribution in [3.05, 3.63) is 80.7 Å². The van der Waals surface area contributed by atoms with E-state index in [2.05, 4.69) is 41.8 Å². The maximum absolute atomic E-state index is 13.2. The summed E-state index contributed by atoms with van der Waals surface area (Å²) < 4.78 is 0. The molecule has 4 rings (SSSR count). The summed E-state index contributed by atoms with van der Waals surface area (Å²) in [7, 11) is 0. The van der Waals surface area contributed by atoms with E-state index in [4.69, 9.17) is 11.6 Å². The standard InChI is InChI=1S/C25H24ClN3O/c1-14-11-17(25(3,4)5)18(26)12-16(14)21-13-22(30)23-19(29-21)9-10-27-24(23)20-8-6-7-15(2)28-20/h6-13H,1-5H3,(H,29,30). The third kappa shape index (κ3) is 3.63. The van der Waals surface area contributed by atoms with Crippen LogP contribution in [0.1, 0.15) is 37.6 Å². The van der Waals surface area contributed by atoms with Gasteiger partial charge in [-0.05, 0) is 54.7 Å². The van der Waals surface area contributed by atoms with Gasteiger partial charge in [-0.3, -0.25) is 14.8 Å². The minimum atomic E-state index is -0.0967. The van der Waals surface area contributed by atoms with Crippen LogP contribution >= 0.6 is 11.6 Å². The van der Waals surface area contributed by atoms with Gasteiger partial charge in [0, 0.05) is 28.5 Å². The SMILES string of the molecule is Cc1cccc(-c2nccc3[nH]c(-c4cc(Cl)c(C(C)(C)C)cc4C)cc(=O)c23)n1. The van der Waals surface area contributed by atoms with E-state index in [-0.39, 0.29) is 10.8 Å². The van der Waals surface area contributed by atoms with Crippen molar-refractivity contribution < 1.29 is 0 Å². The van der Waals surface area contributed by atoms with Crippen LogP contribution < -0.4 is 5.43 Å². The molecule has 0 aliphatic rings. The molecule has 0 aliphatic carbocycles. The topological polar surface area (TPSA) is 58.6 Å². The van der Waals surface area contributed by atoms with Crippen molar-refractivity contribution in [3.63, 3.8) is 0 Å². The zero-order valence-electron chi connectivity index (χ0n) is 17.8. The minimum Gasteiger partial charge on any atom is -0.354 e. The Morgan fingerprint density at radius 2 is 1.80 bits per heavy atom. The lowest BCUT2D eigenvalue weighted by Crippen LogP contribution is -2.12. The third-order valence-electron chi connectivity index (χ3n) is 5.29. The number of hydrogen-bond donors (Lipinski definition) is 1. The van der Waals surface area contributed by atoms with Gasteiger partial charge < -0.3 is 4.98 Å². The second-order valence-electron chi connectivity index (χ2n) is 8.69. The lowest BCUT2D eigenvalue weighted by Gasteiger charge is -2.22. The number of benzene rings is 1. The van der Waals surface area contributed by atoms with Crippen LogP contribution in [-0.2, 0) is 5.41 Å². The Bertz CT molecular complexity index is 1330. The number of aromatic amines is 1. The molecule has 0 unspecified atom stereocenters. The molecule has 4 nitrogen and oxygen atoms in total. The van der Waals surface area contributed by atoms with Gasteiger partial charge in [0.05, 0.1) is 22.3 Å². The summed E-state index contributed by atoms with van der Waals surface area (Å²) in [6, 6.07) is 13.2. The quantitative estimate of drug-likeness (QED) is 0.421. The van der Waals surface area contributed by atoms with Gasteiger partial charge in [-0.25, -0.2) is 0 Å². The Morgan fingerprint density at radius 3 is 2.50 bits per heavy atom. The number of H-pyrrole nitrogens is 1. The molecule has 3 aromatic heterocycles. The van der Waals surface area contributed by atoms with Crippen molar-refractivity contribution in [3.8, 4) is 22.6 Å². The molecule has 4 aromatic rings. The first kappa shape index (κ1) is 20.3. The molecule has 152 valence electrons. The smallest absolute Gasteiger partial charge is 0.192 e. The van der Waals surface area contributed by atoms with Gasteiger partial charge in [0.25, 0.3) is 0 Å². The maximum Gasteiger partial charge on any atom is 0.192 e. The van der Waals surface area contributed by atoms with Gasteiger partial charge in [0.1, 0.15) is 5.69 Å². The maximum atomic E-state index is 13.2. The van der Waals surface area contributed by atoms with Crippen LogP contribution in [0.15, 0.2) is 53.5 Å². The molecular weight excluding hydrogens is 394 g/mol. The monoisotopic (exact) mass is 417 g/mol. The predicted molar refractivity (Wildman–Crippen MR) is 124 cm³/mol. The summed E-state index contributed by atoms with van der Waals surface area (Å²) in [5.41, 5.74) is 6.53. The number of nitrogens with one attached hydrogen (secondary N) is 1. The van der Waals surface area contributed by atoms with Gasteiger partial charge in [-0.2, -0.15) is 0 Å². The largest absolute Gasteiger partial charge is 0.354 e. The predicted octanol–water partition coefficient (Wildman–Crippen LogP) is 6.22. The summed E-state index contributed by atoms with van der Waals surface area (Å²) >= 11 is 6.60. The second-order valence-corrected chi connectivity index (χ2v) is 9.10. The average molecular weight is 418 g/mol. The van der Waals surface area contributed by atoms with Crippen LogP contribution in [0.3, 0.4) is 0 Å². The average Bonchev–Trinajstić information content (AvgIpc) is 2.68. The number of aromatic nitrogens is 3. The number of aryl methyl sites for hydroxylation is 2. The Morgan fingerprint density at radius 1 is 1.03 bits per heavy atom. The van der Waals surface area contributed by atoms with Crippen molar-refractivity contribution in [2.75, 3.05) is 0 Å². The van der Waals surface area contributed by atoms with Gasteiger partial charge in [-0.15, -0.1) is 0 Å². The molecule has 30 heavy (non-hydrogen) atoms. The molecule has 5 heteroatoms. The minimum absolute atomic E-state index is 0.0570. The molecule has 0 saturated heterocycles. The number of pyridine rings is 3. The van der Waals surface area contributed by atoms with Crippen LogP contribution in [0, 0.1) is 13.8 Å². The number of halogens is 1. The van der Waals surface area contributed by atoms with Crippen LogP contribution in [0.2, 0.25) is 5.02 Å². The number of fused-ring (bicyclic) bond motifs is 1. The molecule has 0 bridgehead atoms. The molecule has 0 amide bonds. The summed E-state index contributed by atoms with van der Waals surface area (Å²) in [6.07, 6.45) is 1.70. The van der Waals surface area contributed by atoms with Crippen molar-refractivity contribution in [1.29, 1.82) is 0 Å². The second kappa shape index (κ2) is 7.37. The van der Waals surface area contributed by atoms with Crippen molar-refractivity contribution in [2.24, 2.45) is 0 Å². The molecule has 3 heterocycles. The van der Waals surface area contributed by atoms with Gasteiger partial charge >= 0.3 is 0 Å². The Hall–Kier alpha value is -2.98. The van der Waals surface area contributed by atoms with E-state index in [1.807, 2.05) is 44.2 Å². The highest BCUT2D eigenvalue weighted by Gasteiger charge is 2.20. The van der Waals surface area contributed by atoms with E-state index in [0.717, 1.165) is 33.6 Å². The van der Waals surface area contributed by atoms with E-state index >= 15 is 0 Å². The molecular formula is C25H24ClN3O. The van der Waals surface area contributed by atoms with Crippen LogP contribution in [0.25, 0.3) is 33.5 Å². The van der Waals surface area contributed by atoms with Crippen LogP contribution in [-0.4, -0.2) is 15.0 Å². The zero-order chi connectivity index (χ0) is 21.6. The lowest BCUT2D eigenvalue weighted by molar-refractivity contribution is 0.590. The molecule has 1 N–H and O–H groups in total. The summed E-state index contributed by atoms with van der Waals surface area (Å²) in [5, 5.41) is 1.23. The first-order valence-electron chi connectivity index (χ1n) is 9.92. The molecule has 0 spiro atoms. The van der Waals surface area contributed by atoms with E-state index in [1.165, 1.54) is 0 Å². The van der Waals surface area contributed by atoms with E-state index in [0.29, 0.717) is 21.8 Å².